The van der Waals surface area contributed by atoms with Crippen LogP contribution in [0.15, 0.2) is 24.3 Å². The number of carbonyl (C=O) groups excluding carboxylic acids is 1. The van der Waals surface area contributed by atoms with E-state index in [1.807, 2.05) is 24.3 Å². The molecule has 6 heteroatoms. The molecule has 1 aromatic rings. The molecule has 0 radical (unpaired) electrons. The van der Waals surface area contributed by atoms with Crippen molar-refractivity contribution in [1.29, 1.82) is 0 Å². The van der Waals surface area contributed by atoms with E-state index < -0.39 is 5.54 Å². The quantitative estimate of drug-likeness (QED) is 0.873. The molecule has 0 spiro atoms. The highest BCUT2D eigenvalue weighted by atomic mass is 35.5. The first-order chi connectivity index (χ1) is 9.66. The van der Waals surface area contributed by atoms with Gasteiger partial charge >= 0.3 is 0 Å². The molecule has 116 valence electrons. The lowest BCUT2D eigenvalue weighted by molar-refractivity contribution is -0.118. The van der Waals surface area contributed by atoms with Crippen LogP contribution in [0.4, 0.5) is 5.69 Å². The first-order valence-corrected chi connectivity index (χ1v) is 7.10. The first-order valence-electron chi connectivity index (χ1n) is 7.10. The Morgan fingerprint density at radius 1 is 1.38 bits per heavy atom. The standard InChI is InChI=1S/C15H20N2O3.ClH/c16-15(7-8-15)14(18)17-11-3-5-12(6-4-11)20-10-13-2-1-9-19-13;/h3-6,13H,1-2,7-10,16H2,(H,17,18);1H. The van der Waals surface area contributed by atoms with Crippen LogP contribution in [0.5, 0.6) is 5.75 Å². The number of hydrogen-bond donors (Lipinski definition) is 2. The average molecular weight is 313 g/mol. The average Bonchev–Trinajstić information content (AvgIpc) is 3.01. The van der Waals surface area contributed by atoms with Gasteiger partial charge in [0.15, 0.2) is 0 Å². The highest BCUT2D eigenvalue weighted by Gasteiger charge is 2.45. The van der Waals surface area contributed by atoms with Gasteiger partial charge in [0.25, 0.3) is 0 Å². The number of nitrogens with two attached hydrogens (primary N) is 1. The smallest absolute Gasteiger partial charge is 0.244 e. The Kier molecular flexibility index (Phi) is 5.08. The van der Waals surface area contributed by atoms with Gasteiger partial charge < -0.3 is 20.5 Å². The molecule has 1 saturated heterocycles. The molecule has 2 aliphatic rings. The Labute approximate surface area is 130 Å². The lowest BCUT2D eigenvalue weighted by Gasteiger charge is -2.13. The number of benzene rings is 1. The van der Waals surface area contributed by atoms with Gasteiger partial charge in [-0.15, -0.1) is 12.4 Å². The van der Waals surface area contributed by atoms with Gasteiger partial charge in [-0.2, -0.15) is 0 Å². The molecule has 5 nitrogen and oxygen atoms in total. The van der Waals surface area contributed by atoms with Crippen LogP contribution in [-0.2, 0) is 9.53 Å². The third-order valence-corrected chi connectivity index (χ3v) is 3.81. The van der Waals surface area contributed by atoms with Gasteiger partial charge in [-0.3, -0.25) is 4.79 Å². The fourth-order valence-electron chi connectivity index (χ4n) is 2.22. The van der Waals surface area contributed by atoms with Crippen LogP contribution in [0.25, 0.3) is 0 Å². The molecule has 3 N–H and O–H groups in total. The van der Waals surface area contributed by atoms with Crippen LogP contribution in [0, 0.1) is 0 Å². The summed E-state index contributed by atoms with van der Waals surface area (Å²) in [7, 11) is 0. The number of hydrogen-bond acceptors (Lipinski definition) is 4. The van der Waals surface area contributed by atoms with E-state index in [0.29, 0.717) is 6.61 Å². The van der Waals surface area contributed by atoms with E-state index >= 15 is 0 Å². The highest BCUT2D eigenvalue weighted by Crippen LogP contribution is 2.33. The number of nitrogens with one attached hydrogen (secondary N) is 1. The fourth-order valence-corrected chi connectivity index (χ4v) is 2.22. The van der Waals surface area contributed by atoms with Crippen molar-refractivity contribution in [2.45, 2.75) is 37.3 Å². The molecular weight excluding hydrogens is 292 g/mol. The van der Waals surface area contributed by atoms with E-state index in [0.717, 1.165) is 43.7 Å². The van der Waals surface area contributed by atoms with E-state index in [9.17, 15) is 4.79 Å². The van der Waals surface area contributed by atoms with Crippen molar-refractivity contribution >= 4 is 24.0 Å². The summed E-state index contributed by atoms with van der Waals surface area (Å²) in [6.45, 7) is 1.41. The van der Waals surface area contributed by atoms with Crippen molar-refractivity contribution in [2.75, 3.05) is 18.5 Å². The lowest BCUT2D eigenvalue weighted by atomic mass is 10.2. The summed E-state index contributed by atoms with van der Waals surface area (Å²) >= 11 is 0. The molecule has 2 fully saturated rings. The van der Waals surface area contributed by atoms with Crippen LogP contribution in [-0.4, -0.2) is 30.8 Å². The molecule has 1 unspecified atom stereocenters. The number of anilines is 1. The number of amides is 1. The van der Waals surface area contributed by atoms with Crippen LogP contribution in [0.2, 0.25) is 0 Å². The minimum absolute atomic E-state index is 0. The zero-order chi connectivity index (χ0) is 14.0. The maximum Gasteiger partial charge on any atom is 0.244 e. The van der Waals surface area contributed by atoms with Crippen LogP contribution in [0.1, 0.15) is 25.7 Å². The van der Waals surface area contributed by atoms with Crippen LogP contribution >= 0.6 is 12.4 Å². The monoisotopic (exact) mass is 312 g/mol. The lowest BCUT2D eigenvalue weighted by Crippen LogP contribution is -2.37. The summed E-state index contributed by atoms with van der Waals surface area (Å²) in [4.78, 5) is 11.8. The van der Waals surface area contributed by atoms with E-state index in [1.54, 1.807) is 0 Å². The Bertz CT molecular complexity index is 482. The van der Waals surface area contributed by atoms with Gasteiger partial charge in [-0.1, -0.05) is 0 Å². The maximum absolute atomic E-state index is 11.8. The number of ether oxygens (including phenoxy) is 2. The summed E-state index contributed by atoms with van der Waals surface area (Å²) in [6, 6.07) is 7.35. The third kappa shape index (κ3) is 4.09. The molecule has 1 heterocycles. The van der Waals surface area contributed by atoms with Crippen LogP contribution < -0.4 is 15.8 Å². The second kappa shape index (κ2) is 6.64. The van der Waals surface area contributed by atoms with Crippen molar-refractivity contribution in [1.82, 2.24) is 0 Å². The summed E-state index contributed by atoms with van der Waals surface area (Å²) in [6.07, 6.45) is 3.91. The largest absolute Gasteiger partial charge is 0.491 e. The topological polar surface area (TPSA) is 73.6 Å². The predicted molar refractivity (Wildman–Crippen MR) is 82.9 cm³/mol. The Balaban J connectivity index is 0.00000161. The van der Waals surface area contributed by atoms with Crippen molar-refractivity contribution in [2.24, 2.45) is 5.73 Å². The van der Waals surface area contributed by atoms with Crippen molar-refractivity contribution in [3.8, 4) is 5.75 Å². The van der Waals surface area contributed by atoms with E-state index in [2.05, 4.69) is 5.32 Å². The van der Waals surface area contributed by atoms with E-state index in [4.69, 9.17) is 15.2 Å². The van der Waals surface area contributed by atoms with Gasteiger partial charge in [0.1, 0.15) is 12.4 Å². The van der Waals surface area contributed by atoms with Crippen molar-refractivity contribution in [3.05, 3.63) is 24.3 Å². The SMILES string of the molecule is Cl.NC1(C(=O)Nc2ccc(OCC3CCCO3)cc2)CC1. The van der Waals surface area contributed by atoms with E-state index in [-0.39, 0.29) is 24.4 Å². The molecule has 1 aliphatic carbocycles. The summed E-state index contributed by atoms with van der Waals surface area (Å²) in [5.41, 5.74) is 5.94. The molecule has 1 aliphatic heterocycles. The summed E-state index contributed by atoms with van der Waals surface area (Å²) < 4.78 is 11.2. The van der Waals surface area contributed by atoms with Gasteiger partial charge in [-0.25, -0.2) is 0 Å². The second-order valence-corrected chi connectivity index (χ2v) is 5.58. The van der Waals surface area contributed by atoms with Gasteiger partial charge in [0.2, 0.25) is 5.91 Å². The minimum atomic E-state index is -0.644. The van der Waals surface area contributed by atoms with Gasteiger partial charge in [0, 0.05) is 12.3 Å². The summed E-state index contributed by atoms with van der Waals surface area (Å²) in [5, 5.41) is 2.82. The predicted octanol–water partition coefficient (Wildman–Crippen LogP) is 2.10. The van der Waals surface area contributed by atoms with Crippen molar-refractivity contribution in [3.63, 3.8) is 0 Å². The molecule has 1 amide bonds. The molecule has 0 bridgehead atoms. The van der Waals surface area contributed by atoms with E-state index in [1.165, 1.54) is 0 Å². The Morgan fingerprint density at radius 2 is 2.10 bits per heavy atom. The molecule has 1 atom stereocenters. The maximum atomic E-state index is 11.8. The minimum Gasteiger partial charge on any atom is -0.491 e. The number of carbonyl (C=O) groups is 1. The number of rotatable bonds is 5. The fraction of sp³-hybridized carbons (Fsp3) is 0.533. The van der Waals surface area contributed by atoms with Gasteiger partial charge in [0.05, 0.1) is 11.6 Å². The Morgan fingerprint density at radius 3 is 2.67 bits per heavy atom. The Hall–Kier alpha value is -1.30. The highest BCUT2D eigenvalue weighted by molar-refractivity contribution is 6.00. The second-order valence-electron chi connectivity index (χ2n) is 5.58. The third-order valence-electron chi connectivity index (χ3n) is 3.81. The molecule has 3 rings (SSSR count). The van der Waals surface area contributed by atoms with Gasteiger partial charge in [-0.05, 0) is 49.9 Å². The molecule has 0 aromatic heterocycles. The van der Waals surface area contributed by atoms with Crippen LogP contribution in [0.3, 0.4) is 0 Å². The first kappa shape index (κ1) is 16.1. The van der Waals surface area contributed by atoms with Crippen molar-refractivity contribution < 1.29 is 14.3 Å². The zero-order valence-electron chi connectivity index (χ0n) is 11.8. The molecule has 21 heavy (non-hydrogen) atoms. The molecular formula is C15H21ClN2O3. The molecule has 1 aromatic carbocycles. The normalized spacial score (nSPS) is 22.2. The summed E-state index contributed by atoms with van der Waals surface area (Å²) in [5.74, 6) is 0.679. The molecule has 1 saturated carbocycles. The zero-order valence-corrected chi connectivity index (χ0v) is 12.7. The number of halogens is 1.